The third-order valence-corrected chi connectivity index (χ3v) is 4.35. The van der Waals surface area contributed by atoms with Crippen LogP contribution in [0.3, 0.4) is 0 Å². The molecule has 0 saturated heterocycles. The summed E-state index contributed by atoms with van der Waals surface area (Å²) >= 11 is 3.36. The molecule has 6 nitrogen and oxygen atoms in total. The van der Waals surface area contributed by atoms with Crippen molar-refractivity contribution in [2.45, 2.75) is 6.92 Å². The molecule has 1 amide bonds. The van der Waals surface area contributed by atoms with Gasteiger partial charge >= 0.3 is 0 Å². The number of hydrogen-bond acceptors (Lipinski definition) is 5. The average Bonchev–Trinajstić information content (AvgIpc) is 3.22. The van der Waals surface area contributed by atoms with Crippen molar-refractivity contribution in [1.82, 2.24) is 10.1 Å². The maximum absolute atomic E-state index is 13.5. The fourth-order valence-corrected chi connectivity index (χ4v) is 2.86. The van der Waals surface area contributed by atoms with Crippen molar-refractivity contribution < 1.29 is 18.1 Å². The van der Waals surface area contributed by atoms with Crippen LogP contribution >= 0.6 is 15.9 Å². The quantitative estimate of drug-likeness (QED) is 0.512. The first kappa shape index (κ1) is 16.5. The second kappa shape index (κ2) is 6.38. The van der Waals surface area contributed by atoms with Gasteiger partial charge in [-0.2, -0.15) is 0 Å². The van der Waals surface area contributed by atoms with E-state index in [2.05, 4.69) is 31.4 Å². The number of fused-ring (bicyclic) bond motifs is 1. The zero-order valence-electron chi connectivity index (χ0n) is 13.4. The predicted molar refractivity (Wildman–Crippen MR) is 96.3 cm³/mol. The van der Waals surface area contributed by atoms with Crippen LogP contribution < -0.4 is 5.32 Å². The molecule has 0 aliphatic heterocycles. The summed E-state index contributed by atoms with van der Waals surface area (Å²) in [6, 6.07) is 10.8. The molecule has 2 heterocycles. The lowest BCUT2D eigenvalue weighted by Crippen LogP contribution is -2.10. The molecule has 0 aliphatic carbocycles. The monoisotopic (exact) mass is 415 g/mol. The van der Waals surface area contributed by atoms with Crippen molar-refractivity contribution in [1.29, 1.82) is 0 Å². The molecular formula is C18H11BrFN3O3. The van der Waals surface area contributed by atoms with Crippen molar-refractivity contribution >= 4 is 38.6 Å². The largest absolute Gasteiger partial charge is 0.436 e. The number of carbonyl (C=O) groups is 1. The molecule has 0 bridgehead atoms. The van der Waals surface area contributed by atoms with Crippen molar-refractivity contribution in [2.24, 2.45) is 0 Å². The van der Waals surface area contributed by atoms with Crippen LogP contribution in [0.15, 0.2) is 55.9 Å². The second-order valence-corrected chi connectivity index (χ2v) is 6.47. The number of rotatable bonds is 3. The highest BCUT2D eigenvalue weighted by Crippen LogP contribution is 2.31. The molecule has 4 rings (SSSR count). The fourth-order valence-electron chi connectivity index (χ4n) is 2.45. The van der Waals surface area contributed by atoms with Crippen molar-refractivity contribution in [2.75, 3.05) is 5.32 Å². The Bertz CT molecular complexity index is 1140. The Morgan fingerprint density at radius 2 is 2.04 bits per heavy atom. The third kappa shape index (κ3) is 3.11. The van der Waals surface area contributed by atoms with Crippen LogP contribution in [0.1, 0.15) is 16.2 Å². The van der Waals surface area contributed by atoms with Gasteiger partial charge in [-0.3, -0.25) is 4.79 Å². The lowest BCUT2D eigenvalue weighted by Gasteiger charge is -2.01. The Kier molecular flexibility index (Phi) is 4.04. The molecule has 8 heteroatoms. The minimum atomic E-state index is -0.415. The van der Waals surface area contributed by atoms with Gasteiger partial charge in [0, 0.05) is 16.2 Å². The number of benzene rings is 2. The molecule has 0 atom stereocenters. The fraction of sp³-hybridized carbons (Fsp3) is 0.0556. The molecule has 0 spiro atoms. The zero-order chi connectivity index (χ0) is 18.3. The highest BCUT2D eigenvalue weighted by Gasteiger charge is 2.15. The van der Waals surface area contributed by atoms with Crippen molar-refractivity contribution in [3.8, 4) is 11.5 Å². The number of aromatic nitrogens is 2. The van der Waals surface area contributed by atoms with Crippen molar-refractivity contribution in [3.63, 3.8) is 0 Å². The number of amides is 1. The Hall–Kier alpha value is -3.00. The summed E-state index contributed by atoms with van der Waals surface area (Å²) in [6.45, 7) is 1.73. The lowest BCUT2D eigenvalue weighted by atomic mass is 10.2. The van der Waals surface area contributed by atoms with E-state index in [1.54, 1.807) is 37.3 Å². The van der Waals surface area contributed by atoms with E-state index in [0.29, 0.717) is 32.5 Å². The summed E-state index contributed by atoms with van der Waals surface area (Å²) < 4.78 is 24.8. The van der Waals surface area contributed by atoms with Gasteiger partial charge in [-0.25, -0.2) is 9.37 Å². The summed E-state index contributed by atoms with van der Waals surface area (Å²) in [6.07, 6.45) is 0. The first-order valence-corrected chi connectivity index (χ1v) is 8.39. The second-order valence-electron chi connectivity index (χ2n) is 5.61. The molecule has 4 aromatic rings. The molecule has 2 aromatic heterocycles. The van der Waals surface area contributed by atoms with E-state index >= 15 is 0 Å². The normalized spacial score (nSPS) is 11.0. The summed E-state index contributed by atoms with van der Waals surface area (Å²) in [5, 5.41) is 6.39. The molecule has 0 saturated carbocycles. The number of hydrogen-bond donors (Lipinski definition) is 1. The Labute approximate surface area is 155 Å². The van der Waals surface area contributed by atoms with Crippen LogP contribution in [-0.4, -0.2) is 16.0 Å². The average molecular weight is 416 g/mol. The number of aryl methyl sites for hydroxylation is 1. The van der Waals surface area contributed by atoms with Crippen LogP contribution in [0.2, 0.25) is 0 Å². The summed E-state index contributed by atoms with van der Waals surface area (Å²) in [4.78, 5) is 16.5. The number of anilines is 1. The van der Waals surface area contributed by atoms with Gasteiger partial charge in [0.15, 0.2) is 5.58 Å². The van der Waals surface area contributed by atoms with Gasteiger partial charge in [0.1, 0.15) is 11.3 Å². The topological polar surface area (TPSA) is 81.2 Å². The number of carbonyl (C=O) groups excluding carboxylic acids is 1. The first-order valence-electron chi connectivity index (χ1n) is 7.60. The molecule has 2 aromatic carbocycles. The van der Waals surface area contributed by atoms with Gasteiger partial charge in [-0.05, 0) is 59.3 Å². The summed E-state index contributed by atoms with van der Waals surface area (Å²) in [5.74, 6) is -0.407. The van der Waals surface area contributed by atoms with Crippen molar-refractivity contribution in [3.05, 3.63) is 64.2 Å². The minimum absolute atomic E-state index is 0.118. The van der Waals surface area contributed by atoms with E-state index in [0.717, 1.165) is 0 Å². The molecule has 130 valence electrons. The van der Waals surface area contributed by atoms with E-state index in [4.69, 9.17) is 8.94 Å². The number of oxazole rings is 1. The van der Waals surface area contributed by atoms with Crippen LogP contribution in [0.4, 0.5) is 10.1 Å². The molecule has 0 radical (unpaired) electrons. The Balaban J connectivity index is 1.65. The van der Waals surface area contributed by atoms with Crippen LogP contribution in [0.5, 0.6) is 0 Å². The molecule has 0 aliphatic rings. The van der Waals surface area contributed by atoms with E-state index in [1.165, 1.54) is 12.1 Å². The molecular weight excluding hydrogens is 405 g/mol. The van der Waals surface area contributed by atoms with E-state index < -0.39 is 5.91 Å². The Morgan fingerprint density at radius 1 is 1.19 bits per heavy atom. The predicted octanol–water partition coefficient (Wildman–Crippen LogP) is 4.95. The number of nitrogens with zero attached hydrogens (tertiary/aromatic N) is 2. The molecule has 0 unspecified atom stereocenters. The standard InChI is InChI=1S/C18H11BrFN3O3/c1-9-6-16(26-23-9)17(24)21-11-3-5-15-14(8-11)22-18(25-15)12-7-10(20)2-4-13(12)19/h2-8H,1H3,(H,21,24). The Morgan fingerprint density at radius 3 is 2.81 bits per heavy atom. The molecule has 26 heavy (non-hydrogen) atoms. The van der Waals surface area contributed by atoms with Gasteiger partial charge in [-0.15, -0.1) is 0 Å². The van der Waals surface area contributed by atoms with Gasteiger partial charge in [0.05, 0.1) is 11.3 Å². The smallest absolute Gasteiger partial charge is 0.294 e. The maximum atomic E-state index is 13.5. The highest BCUT2D eigenvalue weighted by atomic mass is 79.9. The van der Waals surface area contributed by atoms with E-state index in [1.807, 2.05) is 0 Å². The zero-order valence-corrected chi connectivity index (χ0v) is 15.0. The maximum Gasteiger partial charge on any atom is 0.294 e. The van der Waals surface area contributed by atoms with Crippen LogP contribution in [0.25, 0.3) is 22.6 Å². The number of nitrogens with one attached hydrogen (secondary N) is 1. The van der Waals surface area contributed by atoms with Gasteiger partial charge in [0.25, 0.3) is 5.91 Å². The third-order valence-electron chi connectivity index (χ3n) is 3.66. The SMILES string of the molecule is Cc1cc(C(=O)Nc2ccc3oc(-c4cc(F)ccc4Br)nc3c2)on1. The van der Waals surface area contributed by atoms with Gasteiger partial charge < -0.3 is 14.3 Å². The minimum Gasteiger partial charge on any atom is -0.436 e. The highest BCUT2D eigenvalue weighted by molar-refractivity contribution is 9.10. The van der Waals surface area contributed by atoms with Gasteiger partial charge in [0.2, 0.25) is 11.7 Å². The first-order chi connectivity index (χ1) is 12.5. The molecule has 0 fully saturated rings. The van der Waals surface area contributed by atoms with Crippen LogP contribution in [0, 0.1) is 12.7 Å². The molecule has 1 N–H and O–H groups in total. The van der Waals surface area contributed by atoms with E-state index in [-0.39, 0.29) is 17.5 Å². The number of halogens is 2. The summed E-state index contributed by atoms with van der Waals surface area (Å²) in [5.41, 5.74) is 2.69. The van der Waals surface area contributed by atoms with E-state index in [9.17, 15) is 9.18 Å². The van der Waals surface area contributed by atoms with Gasteiger partial charge in [-0.1, -0.05) is 5.16 Å². The summed E-state index contributed by atoms with van der Waals surface area (Å²) in [7, 11) is 0. The lowest BCUT2D eigenvalue weighted by molar-refractivity contribution is 0.0988. The van der Waals surface area contributed by atoms with Crippen LogP contribution in [-0.2, 0) is 0 Å².